The molecule has 1 unspecified atom stereocenters. The van der Waals surface area contributed by atoms with Crippen molar-refractivity contribution in [3.8, 4) is 0 Å². The van der Waals surface area contributed by atoms with Gasteiger partial charge in [0.1, 0.15) is 23.7 Å². The van der Waals surface area contributed by atoms with Gasteiger partial charge in [0.25, 0.3) is 5.91 Å². The summed E-state index contributed by atoms with van der Waals surface area (Å²) in [5.74, 6) is -0.0917. The molecule has 1 aromatic heterocycles. The molecule has 7 heteroatoms. The van der Waals surface area contributed by atoms with Crippen molar-refractivity contribution in [3.63, 3.8) is 0 Å². The minimum absolute atomic E-state index is 0.0782. The van der Waals surface area contributed by atoms with Crippen LogP contribution in [0.25, 0.3) is 0 Å². The summed E-state index contributed by atoms with van der Waals surface area (Å²) in [5.41, 5.74) is 0.791. The molecule has 6 nitrogen and oxygen atoms in total. The molecule has 1 atom stereocenters. The zero-order chi connectivity index (χ0) is 16.8. The van der Waals surface area contributed by atoms with Crippen LogP contribution in [-0.2, 0) is 11.3 Å². The van der Waals surface area contributed by atoms with Crippen LogP contribution in [0.15, 0.2) is 36.7 Å². The van der Waals surface area contributed by atoms with Crippen molar-refractivity contribution < 1.29 is 13.9 Å². The number of hydrogen-bond donors (Lipinski definition) is 2. The summed E-state index contributed by atoms with van der Waals surface area (Å²) in [6, 6.07) is 8.05. The molecule has 1 aromatic carbocycles. The van der Waals surface area contributed by atoms with Gasteiger partial charge in [-0.2, -0.15) is 0 Å². The summed E-state index contributed by atoms with van der Waals surface area (Å²) >= 11 is 0. The van der Waals surface area contributed by atoms with E-state index in [4.69, 9.17) is 4.74 Å². The van der Waals surface area contributed by atoms with E-state index in [1.165, 1.54) is 12.4 Å². The molecular formula is C17H19FN4O2. The molecule has 2 heterocycles. The van der Waals surface area contributed by atoms with E-state index in [0.717, 1.165) is 19.4 Å². The number of anilines is 1. The van der Waals surface area contributed by atoms with Crippen LogP contribution >= 0.6 is 0 Å². The van der Waals surface area contributed by atoms with Gasteiger partial charge >= 0.3 is 0 Å². The standard InChI is InChI=1S/C17H19FN4O2/c18-14-6-2-1-4-12(14)9-19-16-8-15(21-11-22-16)17(23)20-10-13-5-3-7-24-13/h1-2,4,6,8,11,13H,3,5,7,9-10H2,(H,20,23)(H,19,21,22). The third kappa shape index (κ3) is 4.26. The maximum absolute atomic E-state index is 13.6. The molecule has 2 N–H and O–H groups in total. The number of amides is 1. The maximum atomic E-state index is 13.6. The van der Waals surface area contributed by atoms with E-state index in [0.29, 0.717) is 17.9 Å². The normalized spacial score (nSPS) is 16.8. The number of nitrogens with zero attached hydrogens (tertiary/aromatic N) is 2. The molecule has 1 aliphatic heterocycles. The minimum atomic E-state index is -0.284. The molecule has 126 valence electrons. The van der Waals surface area contributed by atoms with E-state index in [9.17, 15) is 9.18 Å². The first-order chi connectivity index (χ1) is 11.7. The van der Waals surface area contributed by atoms with Crippen molar-refractivity contribution in [2.75, 3.05) is 18.5 Å². The Morgan fingerprint density at radius 3 is 3.00 bits per heavy atom. The van der Waals surface area contributed by atoms with E-state index in [1.807, 2.05) is 0 Å². The van der Waals surface area contributed by atoms with E-state index in [-0.39, 0.29) is 30.1 Å². The molecule has 0 bridgehead atoms. The molecule has 1 fully saturated rings. The highest BCUT2D eigenvalue weighted by atomic mass is 19.1. The summed E-state index contributed by atoms with van der Waals surface area (Å²) in [6.45, 7) is 1.50. The van der Waals surface area contributed by atoms with E-state index >= 15 is 0 Å². The lowest BCUT2D eigenvalue weighted by Crippen LogP contribution is -2.32. The number of rotatable bonds is 6. The molecular weight excluding hydrogens is 311 g/mol. The van der Waals surface area contributed by atoms with Gasteiger partial charge in [-0.1, -0.05) is 18.2 Å². The highest BCUT2D eigenvalue weighted by Gasteiger charge is 2.17. The topological polar surface area (TPSA) is 76.1 Å². The second-order valence-electron chi connectivity index (χ2n) is 5.58. The number of nitrogens with one attached hydrogen (secondary N) is 2. The fraction of sp³-hybridized carbons (Fsp3) is 0.353. The van der Waals surface area contributed by atoms with Crippen molar-refractivity contribution in [3.05, 3.63) is 53.7 Å². The Bertz CT molecular complexity index is 704. The smallest absolute Gasteiger partial charge is 0.270 e. The van der Waals surface area contributed by atoms with Crippen molar-refractivity contribution in [2.24, 2.45) is 0 Å². The predicted molar refractivity (Wildman–Crippen MR) is 87.1 cm³/mol. The first-order valence-electron chi connectivity index (χ1n) is 7.91. The molecule has 0 radical (unpaired) electrons. The van der Waals surface area contributed by atoms with Gasteiger partial charge in [-0.15, -0.1) is 0 Å². The summed E-state index contributed by atoms with van der Waals surface area (Å²) < 4.78 is 19.1. The van der Waals surface area contributed by atoms with E-state index in [1.54, 1.807) is 24.3 Å². The van der Waals surface area contributed by atoms with Crippen LogP contribution in [-0.4, -0.2) is 35.1 Å². The fourth-order valence-electron chi connectivity index (χ4n) is 2.51. The Balaban J connectivity index is 1.57. The Morgan fingerprint density at radius 1 is 1.33 bits per heavy atom. The number of halogens is 1. The molecule has 0 saturated carbocycles. The SMILES string of the molecule is O=C(NCC1CCCO1)c1cc(NCc2ccccc2F)ncn1. The van der Waals surface area contributed by atoms with Gasteiger partial charge in [0.05, 0.1) is 6.10 Å². The van der Waals surface area contributed by atoms with E-state index in [2.05, 4.69) is 20.6 Å². The van der Waals surface area contributed by atoms with Crippen LogP contribution in [0, 0.1) is 5.82 Å². The first kappa shape index (κ1) is 16.3. The molecule has 2 aromatic rings. The predicted octanol–water partition coefficient (Wildman–Crippen LogP) is 2.14. The second-order valence-corrected chi connectivity index (χ2v) is 5.58. The highest BCUT2D eigenvalue weighted by Crippen LogP contribution is 2.12. The average Bonchev–Trinajstić information content (AvgIpc) is 3.13. The number of carbonyl (C=O) groups excluding carboxylic acids is 1. The molecule has 0 spiro atoms. The maximum Gasteiger partial charge on any atom is 0.270 e. The Morgan fingerprint density at radius 2 is 2.21 bits per heavy atom. The van der Waals surface area contributed by atoms with Gasteiger partial charge in [0, 0.05) is 31.3 Å². The average molecular weight is 330 g/mol. The minimum Gasteiger partial charge on any atom is -0.376 e. The van der Waals surface area contributed by atoms with E-state index < -0.39 is 0 Å². The summed E-state index contributed by atoms with van der Waals surface area (Å²) in [4.78, 5) is 20.2. The number of hydrogen-bond acceptors (Lipinski definition) is 5. The van der Waals surface area contributed by atoms with Gasteiger partial charge in [-0.3, -0.25) is 4.79 Å². The summed E-state index contributed by atoms with van der Waals surface area (Å²) in [6.07, 6.45) is 3.37. The third-order valence-corrected chi connectivity index (χ3v) is 3.83. The largest absolute Gasteiger partial charge is 0.376 e. The Hall–Kier alpha value is -2.54. The fourth-order valence-corrected chi connectivity index (χ4v) is 2.51. The van der Waals surface area contributed by atoms with Gasteiger partial charge < -0.3 is 15.4 Å². The van der Waals surface area contributed by atoms with Crippen LogP contribution in [0.5, 0.6) is 0 Å². The van der Waals surface area contributed by atoms with Crippen molar-refractivity contribution >= 4 is 11.7 Å². The zero-order valence-electron chi connectivity index (χ0n) is 13.2. The molecule has 3 rings (SSSR count). The van der Waals surface area contributed by atoms with Crippen LogP contribution in [0.3, 0.4) is 0 Å². The highest BCUT2D eigenvalue weighted by molar-refractivity contribution is 5.92. The van der Waals surface area contributed by atoms with Crippen molar-refractivity contribution in [1.29, 1.82) is 0 Å². The molecule has 1 aliphatic rings. The molecule has 24 heavy (non-hydrogen) atoms. The van der Waals surface area contributed by atoms with Gasteiger partial charge in [-0.05, 0) is 18.9 Å². The zero-order valence-corrected chi connectivity index (χ0v) is 13.2. The summed E-state index contributed by atoms with van der Waals surface area (Å²) in [7, 11) is 0. The number of ether oxygens (including phenoxy) is 1. The van der Waals surface area contributed by atoms with Gasteiger partial charge in [-0.25, -0.2) is 14.4 Å². The monoisotopic (exact) mass is 330 g/mol. The van der Waals surface area contributed by atoms with Crippen LogP contribution < -0.4 is 10.6 Å². The second kappa shape index (κ2) is 7.83. The lowest BCUT2D eigenvalue weighted by Gasteiger charge is -2.11. The lowest BCUT2D eigenvalue weighted by atomic mass is 10.2. The van der Waals surface area contributed by atoms with Gasteiger partial charge in [0.15, 0.2) is 0 Å². The third-order valence-electron chi connectivity index (χ3n) is 3.83. The van der Waals surface area contributed by atoms with Crippen molar-refractivity contribution in [1.82, 2.24) is 15.3 Å². The quantitative estimate of drug-likeness (QED) is 0.849. The number of benzene rings is 1. The Labute approximate surface area is 139 Å². The molecule has 1 saturated heterocycles. The van der Waals surface area contributed by atoms with Crippen LogP contribution in [0.4, 0.5) is 10.2 Å². The molecule has 0 aliphatic carbocycles. The van der Waals surface area contributed by atoms with Gasteiger partial charge in [0.2, 0.25) is 0 Å². The number of aromatic nitrogens is 2. The summed E-state index contributed by atoms with van der Waals surface area (Å²) in [5, 5.41) is 5.81. The Kier molecular flexibility index (Phi) is 5.32. The van der Waals surface area contributed by atoms with Crippen molar-refractivity contribution in [2.45, 2.75) is 25.5 Å². The van der Waals surface area contributed by atoms with Crippen LogP contribution in [0.1, 0.15) is 28.9 Å². The van der Waals surface area contributed by atoms with Crippen LogP contribution in [0.2, 0.25) is 0 Å². The number of carbonyl (C=O) groups is 1. The molecule has 1 amide bonds. The first-order valence-corrected chi connectivity index (χ1v) is 7.91. The lowest BCUT2D eigenvalue weighted by molar-refractivity contribution is 0.0853.